The number of nitrogens with one attached hydrogen (secondary N) is 2. The number of hydrogen-bond donors (Lipinski definition) is 2. The predicted molar refractivity (Wildman–Crippen MR) is 56.4 cm³/mol. The molecular weight excluding hydrogens is 174 g/mol. The van der Waals surface area contributed by atoms with Gasteiger partial charge >= 0.3 is 0 Å². The molecule has 0 fully saturated rings. The van der Waals surface area contributed by atoms with Crippen LogP contribution in [-0.4, -0.2) is 37.9 Å². The molecule has 0 saturated carbocycles. The second-order valence-corrected chi connectivity index (χ2v) is 2.68. The molecule has 3 nitrogen and oxygen atoms in total. The Bertz CT molecular complexity index is 117. The summed E-state index contributed by atoms with van der Waals surface area (Å²) in [5.74, 6) is 0.723. The second kappa shape index (κ2) is 8.81. The van der Waals surface area contributed by atoms with Gasteiger partial charge in [-0.2, -0.15) is 0 Å². The van der Waals surface area contributed by atoms with Crippen molar-refractivity contribution in [2.45, 2.75) is 19.8 Å². The first-order valence-electron chi connectivity index (χ1n) is 4.15. The minimum absolute atomic E-state index is 0. The molecule has 0 aliphatic carbocycles. The van der Waals surface area contributed by atoms with Crippen molar-refractivity contribution in [3.05, 3.63) is 0 Å². The third-order valence-corrected chi connectivity index (χ3v) is 1.72. The molecule has 2 N–H and O–H groups in total. The van der Waals surface area contributed by atoms with Crippen molar-refractivity contribution in [3.63, 3.8) is 0 Å². The van der Waals surface area contributed by atoms with Crippen LogP contribution in [0.1, 0.15) is 19.8 Å². The van der Waals surface area contributed by atoms with Gasteiger partial charge in [-0.3, -0.25) is 5.41 Å². The van der Waals surface area contributed by atoms with Crippen molar-refractivity contribution in [1.29, 1.82) is 5.41 Å². The number of nitrogens with zero attached hydrogens (tertiary/aromatic N) is 1. The lowest BCUT2D eigenvalue weighted by Gasteiger charge is -2.18. The lowest BCUT2D eigenvalue weighted by atomic mass is 10.3. The molecule has 0 heterocycles. The fraction of sp³-hybridized carbons (Fsp3) is 0.875. The molecular formula is C8H20ClN3. The molecule has 0 atom stereocenters. The number of halogens is 1. The fourth-order valence-corrected chi connectivity index (χ4v) is 0.898. The Balaban J connectivity index is 0. The normalized spacial score (nSPS) is 8.92. The zero-order chi connectivity index (χ0) is 8.69. The molecule has 0 aromatic carbocycles. The van der Waals surface area contributed by atoms with E-state index in [9.17, 15) is 0 Å². The van der Waals surface area contributed by atoms with Gasteiger partial charge in [-0.25, -0.2) is 0 Å². The van der Waals surface area contributed by atoms with E-state index in [4.69, 9.17) is 5.41 Å². The molecule has 0 spiro atoms. The van der Waals surface area contributed by atoms with Crippen LogP contribution in [-0.2, 0) is 0 Å². The van der Waals surface area contributed by atoms with Gasteiger partial charge in [0.15, 0.2) is 0 Å². The van der Waals surface area contributed by atoms with Gasteiger partial charge in [0.05, 0.1) is 5.84 Å². The van der Waals surface area contributed by atoms with E-state index >= 15 is 0 Å². The monoisotopic (exact) mass is 193 g/mol. The van der Waals surface area contributed by atoms with Gasteiger partial charge in [-0.05, 0) is 20.0 Å². The Morgan fingerprint density at radius 1 is 1.50 bits per heavy atom. The predicted octanol–water partition coefficient (Wildman–Crippen LogP) is 1.34. The Hall–Kier alpha value is -0.280. The highest BCUT2D eigenvalue weighted by molar-refractivity contribution is 5.85. The molecule has 0 radical (unpaired) electrons. The summed E-state index contributed by atoms with van der Waals surface area (Å²) in [6, 6.07) is 0. The van der Waals surface area contributed by atoms with Gasteiger partial charge < -0.3 is 10.2 Å². The summed E-state index contributed by atoms with van der Waals surface area (Å²) in [6.07, 6.45) is 1.94. The average molecular weight is 194 g/mol. The summed E-state index contributed by atoms with van der Waals surface area (Å²) < 4.78 is 0. The van der Waals surface area contributed by atoms with Crippen LogP contribution in [0.25, 0.3) is 0 Å². The maximum Gasteiger partial charge on any atom is 0.0952 e. The quantitative estimate of drug-likeness (QED) is 0.393. The van der Waals surface area contributed by atoms with E-state index in [0.717, 1.165) is 31.8 Å². The highest BCUT2D eigenvalue weighted by atomic mass is 35.5. The maximum absolute atomic E-state index is 7.48. The minimum atomic E-state index is 0. The van der Waals surface area contributed by atoms with Crippen LogP contribution in [0.3, 0.4) is 0 Å². The van der Waals surface area contributed by atoms with E-state index in [1.54, 1.807) is 0 Å². The van der Waals surface area contributed by atoms with Crippen LogP contribution in [0, 0.1) is 5.41 Å². The summed E-state index contributed by atoms with van der Waals surface area (Å²) in [5.41, 5.74) is 0. The van der Waals surface area contributed by atoms with Crippen LogP contribution in [0.4, 0.5) is 0 Å². The highest BCUT2D eigenvalue weighted by Gasteiger charge is 1.99. The lowest BCUT2D eigenvalue weighted by Crippen LogP contribution is -2.28. The van der Waals surface area contributed by atoms with Crippen molar-refractivity contribution in [3.8, 4) is 0 Å². The third-order valence-electron chi connectivity index (χ3n) is 1.72. The van der Waals surface area contributed by atoms with Crippen molar-refractivity contribution < 1.29 is 0 Å². The number of rotatable bonds is 5. The first-order chi connectivity index (χ1) is 5.22. The van der Waals surface area contributed by atoms with E-state index in [-0.39, 0.29) is 12.4 Å². The summed E-state index contributed by atoms with van der Waals surface area (Å²) in [6.45, 7) is 4.02. The van der Waals surface area contributed by atoms with Gasteiger partial charge in [-0.1, -0.05) is 6.92 Å². The molecule has 0 unspecified atom stereocenters. The lowest BCUT2D eigenvalue weighted by molar-refractivity contribution is 0.471. The van der Waals surface area contributed by atoms with Gasteiger partial charge in [-0.15, -0.1) is 12.4 Å². The molecule has 0 rings (SSSR count). The molecule has 0 aliphatic heterocycles. The van der Waals surface area contributed by atoms with Crippen LogP contribution >= 0.6 is 12.4 Å². The molecule has 12 heavy (non-hydrogen) atoms. The average Bonchev–Trinajstić information content (AvgIpc) is 2.03. The molecule has 0 saturated heterocycles. The Morgan fingerprint density at radius 2 is 2.08 bits per heavy atom. The molecule has 0 aromatic heterocycles. The topological polar surface area (TPSA) is 39.1 Å². The zero-order valence-corrected chi connectivity index (χ0v) is 9.00. The third kappa shape index (κ3) is 6.43. The highest BCUT2D eigenvalue weighted by Crippen LogP contribution is 1.91. The summed E-state index contributed by atoms with van der Waals surface area (Å²) in [5, 5.41) is 10.6. The first-order valence-corrected chi connectivity index (χ1v) is 4.15. The maximum atomic E-state index is 7.48. The Morgan fingerprint density at radius 3 is 2.50 bits per heavy atom. The summed E-state index contributed by atoms with van der Waals surface area (Å²) >= 11 is 0. The van der Waals surface area contributed by atoms with E-state index in [0.29, 0.717) is 0 Å². The Kier molecular flexibility index (Phi) is 10.5. The zero-order valence-electron chi connectivity index (χ0n) is 8.18. The van der Waals surface area contributed by atoms with Crippen molar-refractivity contribution in [2.75, 3.05) is 27.2 Å². The summed E-state index contributed by atoms with van der Waals surface area (Å²) in [7, 11) is 3.92. The van der Waals surface area contributed by atoms with Crippen LogP contribution in [0.5, 0.6) is 0 Å². The van der Waals surface area contributed by atoms with Gasteiger partial charge in [0, 0.05) is 20.0 Å². The van der Waals surface area contributed by atoms with E-state index in [2.05, 4.69) is 5.32 Å². The number of amidine groups is 1. The van der Waals surface area contributed by atoms with Crippen molar-refractivity contribution in [2.24, 2.45) is 0 Å². The van der Waals surface area contributed by atoms with Gasteiger partial charge in [0.25, 0.3) is 0 Å². The smallest absolute Gasteiger partial charge is 0.0952 e. The molecule has 0 amide bonds. The minimum Gasteiger partial charge on any atom is -0.364 e. The molecule has 4 heteroatoms. The van der Waals surface area contributed by atoms with Crippen LogP contribution in [0.15, 0.2) is 0 Å². The molecule has 74 valence electrons. The van der Waals surface area contributed by atoms with E-state index in [1.807, 2.05) is 25.9 Å². The molecule has 0 bridgehead atoms. The Labute approximate surface area is 81.4 Å². The molecule has 0 aromatic rings. The van der Waals surface area contributed by atoms with Crippen LogP contribution < -0.4 is 5.32 Å². The van der Waals surface area contributed by atoms with E-state index in [1.165, 1.54) is 0 Å². The SMILES string of the molecule is CCC(=N)N(C)CCCNC.Cl. The van der Waals surface area contributed by atoms with Crippen LogP contribution in [0.2, 0.25) is 0 Å². The van der Waals surface area contributed by atoms with Gasteiger partial charge in [0.2, 0.25) is 0 Å². The van der Waals surface area contributed by atoms with Crippen molar-refractivity contribution in [1.82, 2.24) is 10.2 Å². The summed E-state index contributed by atoms with van der Waals surface area (Å²) in [4.78, 5) is 2.00. The fourth-order valence-electron chi connectivity index (χ4n) is 0.898. The first kappa shape index (κ1) is 14.3. The standard InChI is InChI=1S/C8H19N3.ClH/c1-4-8(9)11(3)7-5-6-10-2;/h9-10H,4-7H2,1-3H3;1H. The van der Waals surface area contributed by atoms with Crippen molar-refractivity contribution >= 4 is 18.2 Å². The largest absolute Gasteiger partial charge is 0.364 e. The van der Waals surface area contributed by atoms with E-state index < -0.39 is 0 Å². The molecule has 0 aliphatic rings. The van der Waals surface area contributed by atoms with Gasteiger partial charge in [0.1, 0.15) is 0 Å². The number of hydrogen-bond acceptors (Lipinski definition) is 2. The second-order valence-electron chi connectivity index (χ2n) is 2.68.